The van der Waals surface area contributed by atoms with Gasteiger partial charge in [0, 0.05) is 13.1 Å². The molecule has 0 rings (SSSR count). The van der Waals surface area contributed by atoms with Crippen molar-refractivity contribution in [2.24, 2.45) is 0 Å². The van der Waals surface area contributed by atoms with Crippen LogP contribution in [0.2, 0.25) is 0 Å². The van der Waals surface area contributed by atoms with E-state index < -0.39 is 11.2 Å². The predicted octanol–water partition coefficient (Wildman–Crippen LogP) is 2.83. The molecule has 8 nitrogen and oxygen atoms in total. The SMILES string of the molecule is CCC(C)OCCNCC(=O)OC(C)(C)CCC(C)(C)OC(=O)CNCCOC(C)C. The molecule has 1 unspecified atom stereocenters. The van der Waals surface area contributed by atoms with Gasteiger partial charge >= 0.3 is 11.9 Å². The Morgan fingerprint density at radius 1 is 0.774 bits per heavy atom. The number of carbonyl (C=O) groups excluding carboxylic acids is 2. The molecule has 0 fully saturated rings. The van der Waals surface area contributed by atoms with Gasteiger partial charge in [0.2, 0.25) is 0 Å². The Morgan fingerprint density at radius 3 is 1.58 bits per heavy atom. The number of carbonyl (C=O) groups is 2. The fourth-order valence-electron chi connectivity index (χ4n) is 2.59. The predicted molar refractivity (Wildman–Crippen MR) is 122 cm³/mol. The quantitative estimate of drug-likeness (QED) is 0.245. The maximum absolute atomic E-state index is 12.1. The van der Waals surface area contributed by atoms with Crippen LogP contribution in [0.25, 0.3) is 0 Å². The maximum atomic E-state index is 12.1. The lowest BCUT2D eigenvalue weighted by Gasteiger charge is -2.31. The number of nitrogens with one attached hydrogen (secondary N) is 2. The number of rotatable bonds is 18. The van der Waals surface area contributed by atoms with Gasteiger partial charge in [0.25, 0.3) is 0 Å². The second-order valence-corrected chi connectivity index (χ2v) is 9.33. The first-order valence-electron chi connectivity index (χ1n) is 11.4. The standard InChI is InChI=1S/C23H46N2O6/c1-9-19(4)29-15-13-25-17-21(27)31-23(7,8)11-10-22(5,6)30-20(26)16-24-12-14-28-18(2)3/h18-19,24-25H,9-17H2,1-8H3. The third kappa shape index (κ3) is 18.1. The molecule has 8 heteroatoms. The molecule has 0 saturated carbocycles. The van der Waals surface area contributed by atoms with Crippen molar-refractivity contribution in [3.63, 3.8) is 0 Å². The summed E-state index contributed by atoms with van der Waals surface area (Å²) < 4.78 is 22.1. The van der Waals surface area contributed by atoms with Crippen LogP contribution in [-0.4, -0.2) is 74.7 Å². The summed E-state index contributed by atoms with van der Waals surface area (Å²) in [6.45, 7) is 18.1. The van der Waals surface area contributed by atoms with Crippen LogP contribution < -0.4 is 10.6 Å². The zero-order valence-electron chi connectivity index (χ0n) is 21.0. The van der Waals surface area contributed by atoms with Gasteiger partial charge in [0.05, 0.1) is 38.5 Å². The molecule has 0 radical (unpaired) electrons. The minimum Gasteiger partial charge on any atom is -0.459 e. The summed E-state index contributed by atoms with van der Waals surface area (Å²) in [6.07, 6.45) is 2.51. The molecule has 0 aromatic carbocycles. The van der Waals surface area contributed by atoms with E-state index in [4.69, 9.17) is 18.9 Å². The van der Waals surface area contributed by atoms with Gasteiger partial charge in [-0.15, -0.1) is 0 Å². The lowest BCUT2D eigenvalue weighted by molar-refractivity contribution is -0.162. The molecule has 0 spiro atoms. The minimum absolute atomic E-state index is 0.135. The molecule has 0 aliphatic rings. The molecule has 0 saturated heterocycles. The molecule has 0 aromatic heterocycles. The minimum atomic E-state index is -0.651. The van der Waals surface area contributed by atoms with Gasteiger partial charge in [-0.2, -0.15) is 0 Å². The number of esters is 2. The summed E-state index contributed by atoms with van der Waals surface area (Å²) in [5, 5.41) is 6.05. The number of hydrogen-bond acceptors (Lipinski definition) is 8. The molecule has 184 valence electrons. The van der Waals surface area contributed by atoms with Gasteiger partial charge in [-0.1, -0.05) is 6.92 Å². The van der Waals surface area contributed by atoms with Crippen LogP contribution in [0.5, 0.6) is 0 Å². The Kier molecular flexibility index (Phi) is 14.9. The lowest BCUT2D eigenvalue weighted by atomic mass is 9.93. The van der Waals surface area contributed by atoms with E-state index in [9.17, 15) is 9.59 Å². The van der Waals surface area contributed by atoms with Crippen molar-refractivity contribution in [1.82, 2.24) is 10.6 Å². The van der Waals surface area contributed by atoms with Gasteiger partial charge in [0.1, 0.15) is 11.2 Å². The molecule has 0 bridgehead atoms. The van der Waals surface area contributed by atoms with Gasteiger partial charge < -0.3 is 29.6 Å². The van der Waals surface area contributed by atoms with Crippen LogP contribution >= 0.6 is 0 Å². The highest BCUT2D eigenvalue weighted by Crippen LogP contribution is 2.25. The first kappa shape index (κ1) is 29.8. The van der Waals surface area contributed by atoms with Crippen LogP contribution in [0.4, 0.5) is 0 Å². The van der Waals surface area contributed by atoms with Crippen molar-refractivity contribution in [2.75, 3.05) is 39.4 Å². The number of hydrogen-bond donors (Lipinski definition) is 2. The topological polar surface area (TPSA) is 95.1 Å². The summed E-state index contributed by atoms with van der Waals surface area (Å²) in [6, 6.07) is 0. The average molecular weight is 447 g/mol. The highest BCUT2D eigenvalue weighted by molar-refractivity contribution is 5.72. The zero-order valence-corrected chi connectivity index (χ0v) is 21.0. The Labute approximate surface area is 189 Å². The van der Waals surface area contributed by atoms with E-state index in [0.29, 0.717) is 39.1 Å². The first-order valence-corrected chi connectivity index (χ1v) is 11.4. The van der Waals surface area contributed by atoms with E-state index in [-0.39, 0.29) is 37.2 Å². The maximum Gasteiger partial charge on any atom is 0.320 e. The molecular weight excluding hydrogens is 400 g/mol. The normalized spacial score (nSPS) is 13.3. The molecule has 1 atom stereocenters. The Balaban J connectivity index is 4.10. The van der Waals surface area contributed by atoms with E-state index in [1.165, 1.54) is 0 Å². The molecule has 0 aromatic rings. The molecule has 0 aliphatic heterocycles. The summed E-state index contributed by atoms with van der Waals surface area (Å²) in [5.41, 5.74) is -1.30. The van der Waals surface area contributed by atoms with Gasteiger partial charge in [-0.3, -0.25) is 9.59 Å². The zero-order chi connectivity index (χ0) is 23.9. The molecule has 0 aliphatic carbocycles. The van der Waals surface area contributed by atoms with Crippen LogP contribution in [0.1, 0.15) is 74.7 Å². The Hall–Kier alpha value is -1.22. The van der Waals surface area contributed by atoms with Crippen LogP contribution in [0.15, 0.2) is 0 Å². The lowest BCUT2D eigenvalue weighted by Crippen LogP contribution is -2.38. The van der Waals surface area contributed by atoms with Crippen molar-refractivity contribution in [2.45, 2.75) is 98.1 Å². The molecule has 0 heterocycles. The van der Waals surface area contributed by atoms with Crippen molar-refractivity contribution < 1.29 is 28.5 Å². The average Bonchev–Trinajstić information content (AvgIpc) is 2.65. The van der Waals surface area contributed by atoms with Crippen molar-refractivity contribution in [1.29, 1.82) is 0 Å². The smallest absolute Gasteiger partial charge is 0.320 e. The van der Waals surface area contributed by atoms with Gasteiger partial charge in [-0.25, -0.2) is 0 Å². The van der Waals surface area contributed by atoms with Crippen molar-refractivity contribution in [3.8, 4) is 0 Å². The molecule has 2 N–H and O–H groups in total. The first-order chi connectivity index (χ1) is 14.4. The largest absolute Gasteiger partial charge is 0.459 e. The van der Waals surface area contributed by atoms with Gasteiger partial charge in [0.15, 0.2) is 0 Å². The highest BCUT2D eigenvalue weighted by Gasteiger charge is 2.29. The highest BCUT2D eigenvalue weighted by atomic mass is 16.6. The Bertz CT molecular complexity index is 508. The summed E-state index contributed by atoms with van der Waals surface area (Å²) in [5.74, 6) is -0.621. The van der Waals surface area contributed by atoms with E-state index >= 15 is 0 Å². The van der Waals surface area contributed by atoms with Crippen molar-refractivity contribution in [3.05, 3.63) is 0 Å². The third-order valence-electron chi connectivity index (χ3n) is 4.63. The second-order valence-electron chi connectivity index (χ2n) is 9.33. The van der Waals surface area contributed by atoms with Crippen LogP contribution in [0, 0.1) is 0 Å². The van der Waals surface area contributed by atoms with Gasteiger partial charge in [-0.05, 0) is 67.7 Å². The summed E-state index contributed by atoms with van der Waals surface area (Å²) in [4.78, 5) is 24.2. The van der Waals surface area contributed by atoms with Crippen LogP contribution in [-0.2, 0) is 28.5 Å². The molecule has 0 amide bonds. The Morgan fingerprint density at radius 2 is 1.19 bits per heavy atom. The fourth-order valence-corrected chi connectivity index (χ4v) is 2.59. The molecular formula is C23H46N2O6. The third-order valence-corrected chi connectivity index (χ3v) is 4.63. The molecule has 31 heavy (non-hydrogen) atoms. The van der Waals surface area contributed by atoms with E-state index in [1.807, 2.05) is 48.5 Å². The number of ether oxygens (including phenoxy) is 4. The monoisotopic (exact) mass is 446 g/mol. The van der Waals surface area contributed by atoms with Crippen molar-refractivity contribution >= 4 is 11.9 Å². The fraction of sp³-hybridized carbons (Fsp3) is 0.913. The summed E-state index contributed by atoms with van der Waals surface area (Å²) >= 11 is 0. The summed E-state index contributed by atoms with van der Waals surface area (Å²) in [7, 11) is 0. The van der Waals surface area contributed by atoms with Crippen LogP contribution in [0.3, 0.4) is 0 Å². The van der Waals surface area contributed by atoms with E-state index in [0.717, 1.165) is 6.42 Å². The van der Waals surface area contributed by atoms with E-state index in [1.54, 1.807) is 0 Å². The second kappa shape index (κ2) is 15.6. The van der Waals surface area contributed by atoms with E-state index in [2.05, 4.69) is 17.6 Å².